The molecule has 0 spiro atoms. The lowest BCUT2D eigenvalue weighted by atomic mass is 9.88. The van der Waals surface area contributed by atoms with Crippen molar-refractivity contribution in [3.05, 3.63) is 59.9 Å². The maximum absolute atomic E-state index is 12.5. The van der Waals surface area contributed by atoms with Crippen LogP contribution in [0.5, 0.6) is 5.75 Å². The Labute approximate surface area is 166 Å². The summed E-state index contributed by atoms with van der Waals surface area (Å²) in [5.74, 6) is 0.915. The van der Waals surface area contributed by atoms with E-state index < -0.39 is 0 Å². The lowest BCUT2D eigenvalue weighted by molar-refractivity contribution is -0.128. The molecule has 2 heterocycles. The van der Waals surface area contributed by atoms with Gasteiger partial charge >= 0.3 is 0 Å². The van der Waals surface area contributed by atoms with Gasteiger partial charge in [-0.1, -0.05) is 30.3 Å². The molecule has 1 amide bonds. The van der Waals surface area contributed by atoms with Crippen molar-refractivity contribution >= 4 is 5.91 Å². The van der Waals surface area contributed by atoms with Crippen LogP contribution in [0.25, 0.3) is 0 Å². The minimum absolute atomic E-state index is 0.00816. The molecule has 6 heteroatoms. The molecule has 28 heavy (non-hydrogen) atoms. The Bertz CT molecular complexity index is 736. The average Bonchev–Trinajstić information content (AvgIpc) is 2.72. The Kier molecular flexibility index (Phi) is 7.39. The van der Waals surface area contributed by atoms with Crippen LogP contribution in [0.3, 0.4) is 0 Å². The van der Waals surface area contributed by atoms with E-state index in [4.69, 9.17) is 9.84 Å². The highest BCUT2D eigenvalue weighted by Gasteiger charge is 2.32. The second kappa shape index (κ2) is 10.2. The quantitative estimate of drug-likeness (QED) is 0.729. The summed E-state index contributed by atoms with van der Waals surface area (Å²) in [6.45, 7) is 5.17. The summed E-state index contributed by atoms with van der Waals surface area (Å²) in [5.41, 5.74) is 2.20. The van der Waals surface area contributed by atoms with Crippen molar-refractivity contribution in [2.24, 2.45) is 11.8 Å². The number of benzene rings is 1. The van der Waals surface area contributed by atoms with Crippen LogP contribution in [0, 0.1) is 18.8 Å². The summed E-state index contributed by atoms with van der Waals surface area (Å²) >= 11 is 0. The fourth-order valence-electron chi connectivity index (χ4n) is 3.66. The predicted molar refractivity (Wildman–Crippen MR) is 108 cm³/mol. The van der Waals surface area contributed by atoms with Gasteiger partial charge in [-0.3, -0.25) is 14.7 Å². The maximum Gasteiger partial charge on any atom is 0.224 e. The number of carbonyl (C=O) groups excluding carboxylic acids is 1. The summed E-state index contributed by atoms with van der Waals surface area (Å²) in [6.07, 6.45) is 2.52. The molecule has 6 nitrogen and oxygen atoms in total. The van der Waals surface area contributed by atoms with Gasteiger partial charge in [0.05, 0.1) is 25.3 Å². The van der Waals surface area contributed by atoms with Crippen LogP contribution < -0.4 is 10.1 Å². The molecule has 2 aromatic rings. The topological polar surface area (TPSA) is 74.7 Å². The second-order valence-electron chi connectivity index (χ2n) is 7.44. The molecule has 150 valence electrons. The number of nitrogens with one attached hydrogen (secondary N) is 1. The number of hydrogen-bond acceptors (Lipinski definition) is 5. The number of likely N-dealkylation sites (tertiary alicyclic amines) is 1. The summed E-state index contributed by atoms with van der Waals surface area (Å²) in [5, 5.41) is 11.8. The van der Waals surface area contributed by atoms with Crippen LogP contribution in [-0.2, 0) is 11.3 Å². The van der Waals surface area contributed by atoms with E-state index in [-0.39, 0.29) is 24.3 Å². The highest BCUT2D eigenvalue weighted by molar-refractivity contribution is 5.79. The fourth-order valence-corrected chi connectivity index (χ4v) is 3.66. The number of carbonyl (C=O) groups is 1. The molecule has 0 bridgehead atoms. The van der Waals surface area contributed by atoms with E-state index in [9.17, 15) is 4.79 Å². The number of hydrogen-bond donors (Lipinski definition) is 2. The zero-order chi connectivity index (χ0) is 19.8. The molecule has 1 saturated heterocycles. The van der Waals surface area contributed by atoms with Gasteiger partial charge in [-0.05, 0) is 31.0 Å². The first-order valence-electron chi connectivity index (χ1n) is 9.84. The number of piperidine rings is 1. The van der Waals surface area contributed by atoms with E-state index in [0.29, 0.717) is 13.2 Å². The summed E-state index contributed by atoms with van der Waals surface area (Å²) in [6, 6.07) is 14.2. The molecule has 1 aromatic heterocycles. The van der Waals surface area contributed by atoms with Gasteiger partial charge < -0.3 is 15.2 Å². The van der Waals surface area contributed by atoms with E-state index in [0.717, 1.165) is 37.5 Å². The first kappa shape index (κ1) is 20.3. The smallest absolute Gasteiger partial charge is 0.224 e. The molecular formula is C22H29N3O3. The van der Waals surface area contributed by atoms with Crippen molar-refractivity contribution in [2.45, 2.75) is 19.9 Å². The molecule has 2 atom stereocenters. The largest absolute Gasteiger partial charge is 0.492 e. The van der Waals surface area contributed by atoms with Gasteiger partial charge in [0, 0.05) is 37.8 Å². The highest BCUT2D eigenvalue weighted by atomic mass is 16.5. The second-order valence-corrected chi connectivity index (χ2v) is 7.44. The van der Waals surface area contributed by atoms with Crippen molar-refractivity contribution in [2.75, 3.05) is 32.8 Å². The molecule has 0 aliphatic carbocycles. The van der Waals surface area contributed by atoms with Crippen LogP contribution in [0.2, 0.25) is 0 Å². The van der Waals surface area contributed by atoms with Gasteiger partial charge in [-0.2, -0.15) is 0 Å². The highest BCUT2D eigenvalue weighted by Crippen LogP contribution is 2.25. The van der Waals surface area contributed by atoms with Crippen LogP contribution in [0.4, 0.5) is 0 Å². The molecular weight excluding hydrogens is 354 g/mol. The van der Waals surface area contributed by atoms with E-state index in [1.54, 1.807) is 6.20 Å². The lowest BCUT2D eigenvalue weighted by Crippen LogP contribution is -2.47. The zero-order valence-corrected chi connectivity index (χ0v) is 16.4. The van der Waals surface area contributed by atoms with Crippen LogP contribution >= 0.6 is 0 Å². The molecule has 0 radical (unpaired) electrons. The van der Waals surface area contributed by atoms with E-state index in [1.807, 2.05) is 37.3 Å². The summed E-state index contributed by atoms with van der Waals surface area (Å²) in [7, 11) is 0. The van der Waals surface area contributed by atoms with E-state index in [1.165, 1.54) is 5.56 Å². The van der Waals surface area contributed by atoms with Crippen LogP contribution in [0.1, 0.15) is 17.7 Å². The monoisotopic (exact) mass is 383 g/mol. The number of ether oxygens (including phenoxy) is 1. The average molecular weight is 383 g/mol. The van der Waals surface area contributed by atoms with Crippen molar-refractivity contribution in [3.63, 3.8) is 0 Å². The standard InChI is InChI=1S/C22H29N3O3/c1-17-7-8-21(12-24-17)28-16-19-11-20(22(27)23-9-10-26)15-25(14-19)13-18-5-3-2-4-6-18/h2-8,12,19-20,26H,9-11,13-16H2,1H3,(H,23,27)/t19-,20+/m0/s1. The first-order chi connectivity index (χ1) is 13.6. The van der Waals surface area contributed by atoms with Gasteiger partial charge in [0.1, 0.15) is 5.75 Å². The first-order valence-corrected chi connectivity index (χ1v) is 9.84. The molecule has 2 N–H and O–H groups in total. The van der Waals surface area contributed by atoms with Crippen molar-refractivity contribution in [1.29, 1.82) is 0 Å². The van der Waals surface area contributed by atoms with Crippen LogP contribution in [-0.4, -0.2) is 53.7 Å². The Balaban J connectivity index is 1.63. The molecule has 1 aromatic carbocycles. The summed E-state index contributed by atoms with van der Waals surface area (Å²) < 4.78 is 5.95. The normalized spacial score (nSPS) is 19.9. The molecule has 0 saturated carbocycles. The number of rotatable bonds is 8. The Morgan fingerprint density at radius 3 is 2.79 bits per heavy atom. The van der Waals surface area contributed by atoms with Crippen molar-refractivity contribution in [1.82, 2.24) is 15.2 Å². The Morgan fingerprint density at radius 2 is 2.07 bits per heavy atom. The Hall–Kier alpha value is -2.44. The molecule has 1 aliphatic rings. The molecule has 1 aliphatic heterocycles. The van der Waals surface area contributed by atoms with E-state index >= 15 is 0 Å². The predicted octanol–water partition coefficient (Wildman–Crippen LogP) is 2.02. The third kappa shape index (κ3) is 6.04. The number of pyridine rings is 1. The minimum Gasteiger partial charge on any atom is -0.492 e. The van der Waals surface area contributed by atoms with Gasteiger partial charge in [-0.15, -0.1) is 0 Å². The van der Waals surface area contributed by atoms with Gasteiger partial charge in [0.25, 0.3) is 0 Å². The van der Waals surface area contributed by atoms with Crippen LogP contribution in [0.15, 0.2) is 48.7 Å². The van der Waals surface area contributed by atoms with Gasteiger partial charge in [-0.25, -0.2) is 0 Å². The third-order valence-corrected chi connectivity index (χ3v) is 5.01. The molecule has 1 fully saturated rings. The number of aryl methyl sites for hydroxylation is 1. The van der Waals surface area contributed by atoms with Gasteiger partial charge in [0.15, 0.2) is 0 Å². The van der Waals surface area contributed by atoms with Gasteiger partial charge in [0.2, 0.25) is 5.91 Å². The number of aliphatic hydroxyl groups is 1. The summed E-state index contributed by atoms with van der Waals surface area (Å²) in [4.78, 5) is 19.1. The minimum atomic E-state index is -0.103. The molecule has 0 unspecified atom stereocenters. The number of aromatic nitrogens is 1. The van der Waals surface area contributed by atoms with E-state index in [2.05, 4.69) is 27.3 Å². The fraction of sp³-hybridized carbons (Fsp3) is 0.455. The van der Waals surface area contributed by atoms with Crippen molar-refractivity contribution < 1.29 is 14.6 Å². The number of amides is 1. The number of aliphatic hydroxyl groups excluding tert-OH is 1. The zero-order valence-electron chi connectivity index (χ0n) is 16.4. The maximum atomic E-state index is 12.5. The molecule has 3 rings (SSSR count). The lowest BCUT2D eigenvalue weighted by Gasteiger charge is -2.37. The SMILES string of the molecule is Cc1ccc(OC[C@H]2C[C@@H](C(=O)NCCO)CN(Cc3ccccc3)C2)cn1. The van der Waals surface area contributed by atoms with Crippen molar-refractivity contribution in [3.8, 4) is 5.75 Å². The Morgan fingerprint density at radius 1 is 1.25 bits per heavy atom. The third-order valence-electron chi connectivity index (χ3n) is 5.01. The number of nitrogens with zero attached hydrogens (tertiary/aromatic N) is 2.